The highest BCUT2D eigenvalue weighted by molar-refractivity contribution is 5.90. The third-order valence-corrected chi connectivity index (χ3v) is 11.8. The van der Waals surface area contributed by atoms with E-state index < -0.39 is 0 Å². The highest BCUT2D eigenvalue weighted by Crippen LogP contribution is 2.62. The van der Waals surface area contributed by atoms with Gasteiger partial charge >= 0.3 is 0 Å². The summed E-state index contributed by atoms with van der Waals surface area (Å²) in [6.45, 7) is 4.68. The van der Waals surface area contributed by atoms with Gasteiger partial charge in [-0.15, -0.1) is 0 Å². The smallest absolute Gasteiger partial charge is 0.224 e. The van der Waals surface area contributed by atoms with E-state index in [-0.39, 0.29) is 23.5 Å². The summed E-state index contributed by atoms with van der Waals surface area (Å²) in [5.41, 5.74) is 6.03. The fraction of sp³-hybridized carbons (Fsp3) is 0.444. The number of nitrogens with zero attached hydrogens (tertiary/aromatic N) is 1. The molecule has 6 nitrogen and oxygen atoms in total. The first-order valence-corrected chi connectivity index (χ1v) is 19.0. The second kappa shape index (κ2) is 16.0. The zero-order valence-electron chi connectivity index (χ0n) is 30.6. The fourth-order valence-electron chi connectivity index (χ4n) is 9.28. The highest BCUT2D eigenvalue weighted by Gasteiger charge is 2.59. The van der Waals surface area contributed by atoms with Crippen LogP contribution in [-0.4, -0.2) is 43.7 Å². The summed E-state index contributed by atoms with van der Waals surface area (Å²) in [4.78, 5) is 14.8. The third-order valence-electron chi connectivity index (χ3n) is 11.8. The lowest BCUT2D eigenvalue weighted by atomic mass is 9.54. The van der Waals surface area contributed by atoms with E-state index in [9.17, 15) is 4.79 Å². The van der Waals surface area contributed by atoms with Crippen molar-refractivity contribution in [1.82, 2.24) is 4.90 Å². The molecule has 0 bridgehead atoms. The summed E-state index contributed by atoms with van der Waals surface area (Å²) in [6, 6.07) is 35.7. The maximum Gasteiger partial charge on any atom is 0.224 e. The average Bonchev–Trinajstić information content (AvgIpc) is 3.48. The van der Waals surface area contributed by atoms with Gasteiger partial charge in [0.15, 0.2) is 0 Å². The minimum Gasteiger partial charge on any atom is -0.490 e. The van der Waals surface area contributed by atoms with Crippen LogP contribution in [0.4, 0.5) is 5.69 Å². The molecule has 7 rings (SSSR count). The average molecular weight is 687 g/mol. The molecule has 4 aromatic rings. The van der Waals surface area contributed by atoms with Gasteiger partial charge in [-0.25, -0.2) is 0 Å². The van der Waals surface area contributed by atoms with Gasteiger partial charge in [0.1, 0.15) is 24.2 Å². The van der Waals surface area contributed by atoms with E-state index in [1.54, 1.807) is 0 Å². The lowest BCUT2D eigenvalue weighted by Crippen LogP contribution is -2.52. The van der Waals surface area contributed by atoms with Crippen LogP contribution in [0.5, 0.6) is 11.5 Å². The van der Waals surface area contributed by atoms with Gasteiger partial charge in [-0.3, -0.25) is 4.79 Å². The predicted octanol–water partition coefficient (Wildman–Crippen LogP) is 9.44. The molecule has 1 amide bonds. The molecular formula is C45H54N2O4. The Bertz CT molecular complexity index is 1730. The van der Waals surface area contributed by atoms with Gasteiger partial charge in [-0.1, -0.05) is 73.7 Å². The molecule has 3 aliphatic rings. The molecule has 0 radical (unpaired) electrons. The van der Waals surface area contributed by atoms with Crippen LogP contribution in [0.15, 0.2) is 103 Å². The van der Waals surface area contributed by atoms with Gasteiger partial charge in [0.2, 0.25) is 5.91 Å². The summed E-state index contributed by atoms with van der Waals surface area (Å²) in [5, 5.41) is 3.08. The van der Waals surface area contributed by atoms with Crippen LogP contribution in [0.1, 0.15) is 80.0 Å². The Morgan fingerprint density at radius 1 is 0.824 bits per heavy atom. The van der Waals surface area contributed by atoms with Crippen molar-refractivity contribution in [3.8, 4) is 11.5 Å². The second-order valence-corrected chi connectivity index (χ2v) is 15.5. The Balaban J connectivity index is 1.09. The first-order valence-electron chi connectivity index (χ1n) is 19.0. The highest BCUT2D eigenvalue weighted by atomic mass is 16.5. The van der Waals surface area contributed by atoms with E-state index in [0.717, 1.165) is 62.3 Å². The zero-order chi connectivity index (χ0) is 35.2. The topological polar surface area (TPSA) is 60.0 Å². The summed E-state index contributed by atoms with van der Waals surface area (Å²) >= 11 is 0. The Labute approximate surface area is 304 Å². The van der Waals surface area contributed by atoms with Gasteiger partial charge in [0.25, 0.3) is 0 Å². The lowest BCUT2D eigenvalue weighted by molar-refractivity contribution is -0.116. The van der Waals surface area contributed by atoms with Crippen LogP contribution < -0.4 is 14.8 Å². The number of carbonyl (C=O) groups is 1. The Morgan fingerprint density at radius 3 is 2.25 bits per heavy atom. The summed E-state index contributed by atoms with van der Waals surface area (Å²) in [5.74, 6) is 3.24. The molecule has 6 heteroatoms. The number of rotatable bonds is 14. The van der Waals surface area contributed by atoms with Crippen LogP contribution >= 0.6 is 0 Å². The lowest BCUT2D eigenvalue weighted by Gasteiger charge is -2.53. The maximum atomic E-state index is 12.6. The first kappa shape index (κ1) is 35.3. The Hall–Kier alpha value is -4.13. The van der Waals surface area contributed by atoms with Crippen LogP contribution in [0.2, 0.25) is 0 Å². The largest absolute Gasteiger partial charge is 0.490 e. The van der Waals surface area contributed by atoms with Crippen molar-refractivity contribution >= 4 is 11.6 Å². The number of ether oxygens (including phenoxy) is 3. The van der Waals surface area contributed by atoms with Crippen LogP contribution in [0.3, 0.4) is 0 Å². The number of hydrogen-bond donors (Lipinski definition) is 1. The van der Waals surface area contributed by atoms with Crippen LogP contribution in [0.25, 0.3) is 0 Å². The molecule has 0 aliphatic heterocycles. The number of nitrogens with one attached hydrogen (secondary N) is 1. The summed E-state index contributed by atoms with van der Waals surface area (Å²) < 4.78 is 20.1. The standard InChI is InChI=1S/C45H54N2O4/c1-45-29-41(51-36-20-18-35(19-21-36)46-43(48)16-10-11-27-47(2)3)44-38-24-22-37(49-30-32-12-6-4-7-13-32)28-34(38)17-23-39(44)40(45)25-26-42(45)50-31-33-14-8-5-9-15-33/h4-9,12-15,18-22,24,28,39-42,44H,10-11,16-17,23,25-27,29-31H2,1-3H3,(H,46,48)/t39-,40-,41-,42-,44+,45-/m0/s1. The molecule has 0 unspecified atom stereocenters. The second-order valence-electron chi connectivity index (χ2n) is 15.5. The normalized spacial score (nSPS) is 25.1. The van der Waals surface area contributed by atoms with E-state index in [0.29, 0.717) is 37.4 Å². The molecule has 0 spiro atoms. The number of hydrogen-bond acceptors (Lipinski definition) is 5. The number of fused-ring (bicyclic) bond motifs is 5. The van der Waals surface area contributed by atoms with Crippen LogP contribution in [0, 0.1) is 17.3 Å². The summed E-state index contributed by atoms with van der Waals surface area (Å²) in [6.07, 6.45) is 8.05. The molecule has 0 saturated heterocycles. The van der Waals surface area contributed by atoms with Gasteiger partial charge < -0.3 is 24.4 Å². The molecule has 3 aliphatic carbocycles. The quantitative estimate of drug-likeness (QED) is 0.134. The van der Waals surface area contributed by atoms with Crippen molar-refractivity contribution in [2.75, 3.05) is 26.0 Å². The maximum absolute atomic E-state index is 12.6. The number of anilines is 1. The molecule has 2 saturated carbocycles. The van der Waals surface area contributed by atoms with Crippen molar-refractivity contribution in [2.45, 2.75) is 89.6 Å². The molecule has 1 N–H and O–H groups in total. The van der Waals surface area contributed by atoms with E-state index in [4.69, 9.17) is 14.2 Å². The number of benzene rings is 4. The molecule has 0 aromatic heterocycles. The molecule has 6 atom stereocenters. The van der Waals surface area contributed by atoms with Gasteiger partial charge in [-0.2, -0.15) is 0 Å². The van der Waals surface area contributed by atoms with Crippen LogP contribution in [-0.2, 0) is 29.2 Å². The van der Waals surface area contributed by atoms with Gasteiger partial charge in [0, 0.05) is 23.4 Å². The van der Waals surface area contributed by atoms with Crippen molar-refractivity contribution in [2.24, 2.45) is 17.3 Å². The molecule has 51 heavy (non-hydrogen) atoms. The molecule has 4 aromatic carbocycles. The monoisotopic (exact) mass is 686 g/mol. The fourth-order valence-corrected chi connectivity index (χ4v) is 9.28. The number of unbranched alkanes of at least 4 members (excludes halogenated alkanes) is 1. The van der Waals surface area contributed by atoms with Crippen molar-refractivity contribution in [3.05, 3.63) is 125 Å². The van der Waals surface area contributed by atoms with E-state index in [1.807, 2.05) is 30.3 Å². The minimum atomic E-state index is 0.00412. The van der Waals surface area contributed by atoms with E-state index in [1.165, 1.54) is 28.7 Å². The molecule has 2 fully saturated rings. The van der Waals surface area contributed by atoms with E-state index in [2.05, 4.69) is 104 Å². The van der Waals surface area contributed by atoms with E-state index >= 15 is 0 Å². The molecule has 268 valence electrons. The zero-order valence-corrected chi connectivity index (χ0v) is 30.6. The SMILES string of the molecule is CN(C)CCCCC(=O)Nc1ccc(O[C@H]2C[C@]3(C)[C@@H](OCc4ccccc4)CC[C@H]3[C@@H]3CCc4cc(OCc5ccccc5)ccc4[C@H]32)cc1. The number of amides is 1. The van der Waals surface area contributed by atoms with Crippen molar-refractivity contribution in [1.29, 1.82) is 0 Å². The van der Waals surface area contributed by atoms with Gasteiger partial charge in [0.05, 0.1) is 12.7 Å². The summed E-state index contributed by atoms with van der Waals surface area (Å²) in [7, 11) is 4.13. The molecule has 0 heterocycles. The third kappa shape index (κ3) is 8.34. The Morgan fingerprint density at radius 2 is 1.53 bits per heavy atom. The van der Waals surface area contributed by atoms with Gasteiger partial charge in [-0.05, 0) is 136 Å². The van der Waals surface area contributed by atoms with Crippen molar-refractivity contribution < 1.29 is 19.0 Å². The first-order chi connectivity index (χ1) is 24.9. The predicted molar refractivity (Wildman–Crippen MR) is 204 cm³/mol. The van der Waals surface area contributed by atoms with Crippen molar-refractivity contribution in [3.63, 3.8) is 0 Å². The minimum absolute atomic E-state index is 0.00412. The Kier molecular flexibility index (Phi) is 11.1. The molecular weight excluding hydrogens is 633 g/mol. The number of carbonyl (C=O) groups excluding carboxylic acids is 1. The number of aryl methyl sites for hydroxylation is 1.